The molecule has 0 aromatic rings. The van der Waals surface area contributed by atoms with E-state index in [0.717, 1.165) is 0 Å². The van der Waals surface area contributed by atoms with Crippen molar-refractivity contribution in [3.8, 4) is 0 Å². The monoisotopic (exact) mass is 196 g/mol. The molecule has 0 saturated heterocycles. The lowest BCUT2D eigenvalue weighted by molar-refractivity contribution is -0.155. The normalized spacial score (nSPS) is 52.1. The molecule has 5 atom stereocenters. The van der Waals surface area contributed by atoms with Crippen molar-refractivity contribution in [3.63, 3.8) is 0 Å². The fourth-order valence-corrected chi connectivity index (χ4v) is 3.73. The second-order valence-electron chi connectivity index (χ2n) is 4.38. The predicted molar refractivity (Wildman–Crippen MR) is 41.3 cm³/mol. The van der Waals surface area contributed by atoms with Crippen molar-refractivity contribution >= 4 is 17.7 Å². The van der Waals surface area contributed by atoms with Crippen molar-refractivity contribution < 1.29 is 24.6 Å². The van der Waals surface area contributed by atoms with Crippen molar-refractivity contribution in [2.24, 2.45) is 29.1 Å². The van der Waals surface area contributed by atoms with Gasteiger partial charge in [0.05, 0.1) is 11.3 Å². The van der Waals surface area contributed by atoms with Gasteiger partial charge in [0, 0.05) is 11.8 Å². The number of ketones is 1. The molecule has 0 amide bonds. The van der Waals surface area contributed by atoms with E-state index in [2.05, 4.69) is 0 Å². The van der Waals surface area contributed by atoms with Crippen LogP contribution in [0.4, 0.5) is 0 Å². The number of Topliss-reactive ketones (excluding diaryl/α,β-unsaturated/α-hetero) is 1. The lowest BCUT2D eigenvalue weighted by atomic mass is 9.89. The number of carboxylic acid groups (broad SMARTS) is 2. The van der Waals surface area contributed by atoms with Crippen LogP contribution in [0.2, 0.25) is 0 Å². The van der Waals surface area contributed by atoms with Gasteiger partial charge in [-0.05, 0) is 12.3 Å². The van der Waals surface area contributed by atoms with Crippen LogP contribution in [0.3, 0.4) is 0 Å². The number of hydrogen-bond donors (Lipinski definition) is 2. The van der Waals surface area contributed by atoms with Gasteiger partial charge in [-0.3, -0.25) is 14.4 Å². The van der Waals surface area contributed by atoms with E-state index in [0.29, 0.717) is 6.42 Å². The molecule has 0 unspecified atom stereocenters. The van der Waals surface area contributed by atoms with E-state index in [-0.39, 0.29) is 11.7 Å². The first-order valence-corrected chi connectivity index (χ1v) is 4.52. The zero-order valence-electron chi connectivity index (χ0n) is 7.14. The van der Waals surface area contributed by atoms with Gasteiger partial charge in [-0.1, -0.05) is 0 Å². The van der Waals surface area contributed by atoms with E-state index in [1.165, 1.54) is 0 Å². The summed E-state index contributed by atoms with van der Waals surface area (Å²) in [4.78, 5) is 33.4. The van der Waals surface area contributed by atoms with E-state index in [9.17, 15) is 14.4 Å². The van der Waals surface area contributed by atoms with Crippen molar-refractivity contribution in [1.82, 2.24) is 0 Å². The average Bonchev–Trinajstić information content (AvgIpc) is 2.39. The molecule has 4 saturated carbocycles. The third-order valence-corrected chi connectivity index (χ3v) is 4.15. The van der Waals surface area contributed by atoms with Crippen LogP contribution in [0.15, 0.2) is 0 Å². The largest absolute Gasteiger partial charge is 0.481 e. The molecular weight excluding hydrogens is 188 g/mol. The van der Waals surface area contributed by atoms with E-state index in [1.807, 2.05) is 0 Å². The fourth-order valence-electron chi connectivity index (χ4n) is 3.73. The highest BCUT2D eigenvalue weighted by atomic mass is 16.4. The molecule has 4 aliphatic rings. The number of carbonyl (C=O) groups is 3. The number of hydrogen-bond acceptors (Lipinski definition) is 3. The summed E-state index contributed by atoms with van der Waals surface area (Å²) in [5.41, 5.74) is -1.23. The first kappa shape index (κ1) is 7.96. The van der Waals surface area contributed by atoms with Crippen molar-refractivity contribution in [1.29, 1.82) is 0 Å². The lowest BCUT2D eigenvalue weighted by Gasteiger charge is -2.13. The minimum Gasteiger partial charge on any atom is -0.481 e. The molecule has 0 aliphatic heterocycles. The molecule has 14 heavy (non-hydrogen) atoms. The third kappa shape index (κ3) is 0.492. The number of carbonyl (C=O) groups excluding carboxylic acids is 1. The van der Waals surface area contributed by atoms with Gasteiger partial charge in [0.1, 0.15) is 5.78 Å². The zero-order valence-corrected chi connectivity index (χ0v) is 7.14. The Morgan fingerprint density at radius 2 is 2.00 bits per heavy atom. The summed E-state index contributed by atoms with van der Waals surface area (Å²) in [6.07, 6.45) is 0.465. The molecule has 5 heteroatoms. The minimum atomic E-state index is -1.23. The van der Waals surface area contributed by atoms with Crippen molar-refractivity contribution in [2.45, 2.75) is 6.42 Å². The molecule has 0 aromatic carbocycles. The number of rotatable bonds is 2. The maximum absolute atomic E-state index is 11.5. The van der Waals surface area contributed by atoms with Crippen LogP contribution in [0.1, 0.15) is 6.42 Å². The van der Waals surface area contributed by atoms with E-state index >= 15 is 0 Å². The molecule has 4 fully saturated rings. The summed E-state index contributed by atoms with van der Waals surface area (Å²) >= 11 is 0. The molecule has 74 valence electrons. The molecule has 4 bridgehead atoms. The Balaban J connectivity index is 2.13. The molecule has 5 nitrogen and oxygen atoms in total. The van der Waals surface area contributed by atoms with Gasteiger partial charge in [0.25, 0.3) is 0 Å². The van der Waals surface area contributed by atoms with Gasteiger partial charge in [-0.2, -0.15) is 0 Å². The Morgan fingerprint density at radius 3 is 2.29 bits per heavy atom. The highest BCUT2D eigenvalue weighted by Crippen LogP contribution is 2.79. The number of carboxylic acids is 2. The summed E-state index contributed by atoms with van der Waals surface area (Å²) in [5, 5.41) is 18.0. The first-order valence-electron chi connectivity index (χ1n) is 4.52. The highest BCUT2D eigenvalue weighted by molar-refractivity contribution is 6.08. The van der Waals surface area contributed by atoms with Gasteiger partial charge in [-0.25, -0.2) is 0 Å². The van der Waals surface area contributed by atoms with E-state index in [4.69, 9.17) is 10.2 Å². The van der Waals surface area contributed by atoms with Gasteiger partial charge >= 0.3 is 11.9 Å². The number of aliphatic carboxylic acids is 2. The molecule has 4 rings (SSSR count). The first-order chi connectivity index (χ1) is 6.52. The summed E-state index contributed by atoms with van der Waals surface area (Å²) in [6.45, 7) is 0. The Hall–Kier alpha value is -1.39. The van der Waals surface area contributed by atoms with Gasteiger partial charge in [0.2, 0.25) is 0 Å². The summed E-state index contributed by atoms with van der Waals surface area (Å²) in [7, 11) is 0. The van der Waals surface area contributed by atoms with E-state index in [1.54, 1.807) is 0 Å². The summed E-state index contributed by atoms with van der Waals surface area (Å²) < 4.78 is 0. The molecule has 0 radical (unpaired) electrons. The Bertz CT molecular complexity index is 383. The molecule has 4 aliphatic carbocycles. The lowest BCUT2D eigenvalue weighted by Crippen LogP contribution is -2.31. The van der Waals surface area contributed by atoms with E-state index < -0.39 is 35.1 Å². The van der Waals surface area contributed by atoms with Gasteiger partial charge in [0.15, 0.2) is 0 Å². The molecule has 0 spiro atoms. The quantitative estimate of drug-likeness (QED) is 0.627. The van der Waals surface area contributed by atoms with Crippen LogP contribution < -0.4 is 0 Å². The standard InChI is InChI=1S/C9H8O5/c10-6-2-1-3-5(6)9(3,8(13)14)4(2)7(11)12/h2-5H,1H2,(H,11,12)(H,13,14)/t2-,3+,4-,5-,9-/m1/s1. The topological polar surface area (TPSA) is 91.7 Å². The maximum atomic E-state index is 11.5. The second-order valence-corrected chi connectivity index (χ2v) is 4.38. The van der Waals surface area contributed by atoms with Crippen LogP contribution in [0.25, 0.3) is 0 Å². The summed E-state index contributed by atoms with van der Waals surface area (Å²) in [6, 6.07) is 0. The van der Waals surface area contributed by atoms with Crippen LogP contribution >= 0.6 is 0 Å². The smallest absolute Gasteiger partial charge is 0.311 e. The third-order valence-electron chi connectivity index (χ3n) is 4.15. The van der Waals surface area contributed by atoms with Crippen LogP contribution in [0, 0.1) is 29.1 Å². The second kappa shape index (κ2) is 1.85. The minimum absolute atomic E-state index is 0.134. The summed E-state index contributed by atoms with van der Waals surface area (Å²) in [5.74, 6) is -4.56. The highest BCUT2D eigenvalue weighted by Gasteiger charge is 2.89. The molecule has 0 heterocycles. The maximum Gasteiger partial charge on any atom is 0.311 e. The SMILES string of the molecule is O=C(O)[C@H]1[C@H]2C[C@H]3[C@H](C2=O)[C@@]31C(=O)O. The Morgan fingerprint density at radius 1 is 1.36 bits per heavy atom. The van der Waals surface area contributed by atoms with Crippen molar-refractivity contribution in [2.75, 3.05) is 0 Å². The predicted octanol–water partition coefficient (Wildman–Crippen LogP) is -0.393. The zero-order chi connectivity index (χ0) is 10.2. The Labute approximate surface area is 78.7 Å². The van der Waals surface area contributed by atoms with Crippen LogP contribution in [-0.4, -0.2) is 27.9 Å². The molecule has 0 aromatic heterocycles. The average molecular weight is 196 g/mol. The van der Waals surface area contributed by atoms with Gasteiger partial charge < -0.3 is 10.2 Å². The van der Waals surface area contributed by atoms with Crippen molar-refractivity contribution in [3.05, 3.63) is 0 Å². The fraction of sp³-hybridized carbons (Fsp3) is 0.667. The van der Waals surface area contributed by atoms with Crippen LogP contribution in [0.5, 0.6) is 0 Å². The Kier molecular flexibility index (Phi) is 1.05. The van der Waals surface area contributed by atoms with Gasteiger partial charge in [-0.15, -0.1) is 0 Å². The molecule has 2 N–H and O–H groups in total. The van der Waals surface area contributed by atoms with Crippen LogP contribution in [-0.2, 0) is 14.4 Å². The molecular formula is C9H8O5.